The van der Waals surface area contributed by atoms with Crippen molar-refractivity contribution in [3.8, 4) is 0 Å². The van der Waals surface area contributed by atoms with Crippen LogP contribution in [0.1, 0.15) is 108 Å². The number of carbonyl (C=O) groups excluding carboxylic acids is 2. The van der Waals surface area contributed by atoms with Gasteiger partial charge < -0.3 is 32.4 Å². The molecule has 38 heavy (non-hydrogen) atoms. The summed E-state index contributed by atoms with van der Waals surface area (Å²) in [6.07, 6.45) is 5.16. The van der Waals surface area contributed by atoms with Crippen molar-refractivity contribution in [2.45, 2.75) is 136 Å². The molecule has 0 aliphatic rings. The van der Waals surface area contributed by atoms with Crippen LogP contribution in [0.4, 0.5) is 0 Å². The number of Topliss-reactive ketones (excluding diaryl/α,β-unsaturated/α-hetero) is 1. The number of hydrogen-bond acceptors (Lipinski definition) is 7. The zero-order chi connectivity index (χ0) is 30.6. The smallest absolute Gasteiger partial charge is 0.138 e. The molecule has 10 N–H and O–H groups in total. The average Bonchev–Trinajstić information content (AvgIpc) is 2.78. The highest BCUT2D eigenvalue weighted by Crippen LogP contribution is 2.23. The number of hydrogen-bond donors (Lipinski definition) is 4. The van der Waals surface area contributed by atoms with Gasteiger partial charge in [0.05, 0.1) is 19.1 Å². The number of rotatable bonds is 15. The van der Waals surface area contributed by atoms with Crippen LogP contribution in [-0.2, 0) is 19.4 Å². The van der Waals surface area contributed by atoms with Gasteiger partial charge in [0.25, 0.3) is 0 Å². The predicted octanol–water partition coefficient (Wildman–Crippen LogP) is 1.01. The van der Waals surface area contributed by atoms with Crippen molar-refractivity contribution in [3.63, 3.8) is 0 Å². The normalized spacial score (nSPS) is 14.4. The van der Waals surface area contributed by atoms with Gasteiger partial charge in [0.15, 0.2) is 0 Å². The molecule has 0 fully saturated rings. The van der Waals surface area contributed by atoms with Crippen LogP contribution in [-0.4, -0.2) is 66.2 Å². The minimum atomic E-state index is -1.05. The van der Waals surface area contributed by atoms with E-state index in [0.717, 1.165) is 38.0 Å². The van der Waals surface area contributed by atoms with Gasteiger partial charge in [0.2, 0.25) is 0 Å². The largest absolute Gasteiger partial charge is 0.544 e. The van der Waals surface area contributed by atoms with Crippen molar-refractivity contribution in [2.24, 2.45) is 5.41 Å². The van der Waals surface area contributed by atoms with Gasteiger partial charge in [0, 0.05) is 40.7 Å². The van der Waals surface area contributed by atoms with Crippen LogP contribution in [0.3, 0.4) is 0 Å². The van der Waals surface area contributed by atoms with E-state index in [4.69, 9.17) is 4.89 Å². The highest BCUT2D eigenvalue weighted by molar-refractivity contribution is 8.00. The van der Waals surface area contributed by atoms with Gasteiger partial charge in [-0.3, -0.25) is 4.79 Å². The molecule has 3 atom stereocenters. The maximum Gasteiger partial charge on any atom is 0.138 e. The summed E-state index contributed by atoms with van der Waals surface area (Å²) in [4.78, 5) is 31.1. The zero-order valence-electron chi connectivity index (χ0n) is 26.7. The van der Waals surface area contributed by atoms with E-state index < -0.39 is 12.0 Å². The van der Waals surface area contributed by atoms with Crippen molar-refractivity contribution >= 4 is 23.5 Å². The SMILES string of the molecule is CC(C)(C)NCCCC[C@H]([NH3+])C(=O)[O-].CC[C@@H]([NH3+])CCC(=O)C(C)(C)C.COOC[C@@H]([NH3+])CSC(C)(C)C. The number of thioether (sulfide) groups is 1. The Morgan fingerprint density at radius 3 is 1.87 bits per heavy atom. The lowest BCUT2D eigenvalue weighted by Gasteiger charge is -2.20. The minimum absolute atomic E-state index is 0.137. The van der Waals surface area contributed by atoms with E-state index in [0.29, 0.717) is 42.1 Å². The molecule has 0 aromatic heterocycles. The van der Waals surface area contributed by atoms with E-state index in [1.165, 1.54) is 7.11 Å². The summed E-state index contributed by atoms with van der Waals surface area (Å²) in [5.74, 6) is 0.311. The van der Waals surface area contributed by atoms with E-state index in [-0.39, 0.29) is 11.0 Å². The summed E-state index contributed by atoms with van der Waals surface area (Å²) in [6.45, 7) is 22.4. The van der Waals surface area contributed by atoms with Crippen LogP contribution in [0.25, 0.3) is 0 Å². The van der Waals surface area contributed by atoms with Crippen molar-refractivity contribution in [3.05, 3.63) is 0 Å². The number of nitrogens with one attached hydrogen (secondary N) is 1. The first kappa shape index (κ1) is 41.7. The minimum Gasteiger partial charge on any atom is -0.544 e. The number of carboxylic acids is 1. The summed E-state index contributed by atoms with van der Waals surface area (Å²) in [6, 6.07) is 0.176. The Morgan fingerprint density at radius 1 is 0.921 bits per heavy atom. The van der Waals surface area contributed by atoms with Gasteiger partial charge in [-0.25, -0.2) is 9.78 Å². The molecular formula is C28H64N4O5S+2. The second kappa shape index (κ2) is 22.0. The Bertz CT molecular complexity index is 602. The molecular weight excluding hydrogens is 504 g/mol. The summed E-state index contributed by atoms with van der Waals surface area (Å²) < 4.78 is 0.309. The van der Waals surface area contributed by atoms with Crippen molar-refractivity contribution < 1.29 is 41.7 Å². The highest BCUT2D eigenvalue weighted by Gasteiger charge is 2.21. The summed E-state index contributed by atoms with van der Waals surface area (Å²) in [5, 5.41) is 13.7. The quantitative estimate of drug-likeness (QED) is 0.130. The Morgan fingerprint density at radius 2 is 1.47 bits per heavy atom. The Labute approximate surface area is 238 Å². The van der Waals surface area contributed by atoms with Gasteiger partial charge in [-0.15, -0.1) is 11.8 Å². The first-order valence-corrected chi connectivity index (χ1v) is 14.9. The molecule has 230 valence electrons. The lowest BCUT2D eigenvalue weighted by Crippen LogP contribution is -2.68. The molecule has 0 aromatic carbocycles. The van der Waals surface area contributed by atoms with Crippen LogP contribution in [0, 0.1) is 5.41 Å². The molecule has 0 aliphatic heterocycles. The Kier molecular flexibility index (Phi) is 24.2. The number of carbonyl (C=O) groups is 2. The van der Waals surface area contributed by atoms with Gasteiger partial charge in [0.1, 0.15) is 24.5 Å². The van der Waals surface area contributed by atoms with Gasteiger partial charge in [-0.2, -0.15) is 0 Å². The van der Waals surface area contributed by atoms with Crippen LogP contribution in [0.2, 0.25) is 0 Å². The standard InChI is InChI=1S/C10H22N2O2.C10H21NO.C8H19NO2S/c1-10(2,3)12-7-5-4-6-8(11)9(13)14;1-5-8(11)6-7-9(12)10(2,3)4;1-8(2,3)12-6-7(9)5-11-10-4/h8,12H,4-7,11H2,1-3H3,(H,13,14);8H,5-7,11H2,1-4H3;7H,5-6,9H2,1-4H3/p+2/t2*8-;7-/m011/s1. The maximum absolute atomic E-state index is 11.5. The number of carboxylic acid groups (broad SMARTS) is 1. The van der Waals surface area contributed by atoms with Gasteiger partial charge in [-0.1, -0.05) is 48.5 Å². The molecule has 0 bridgehead atoms. The number of quaternary nitrogens is 3. The molecule has 0 aromatic rings. The topological polar surface area (TPSA) is 171 Å². The molecule has 10 heteroatoms. The Balaban J connectivity index is -0.000000486. The van der Waals surface area contributed by atoms with E-state index in [1.54, 1.807) is 0 Å². The average molecular weight is 569 g/mol. The maximum atomic E-state index is 11.5. The fourth-order valence-corrected chi connectivity index (χ4v) is 3.42. The first-order chi connectivity index (χ1) is 17.2. The fraction of sp³-hybridized carbons (Fsp3) is 0.929. The third kappa shape index (κ3) is 33.3. The molecule has 0 unspecified atom stereocenters. The molecule has 0 radical (unpaired) electrons. The molecule has 0 saturated heterocycles. The van der Waals surface area contributed by atoms with E-state index >= 15 is 0 Å². The fourth-order valence-electron chi connectivity index (χ4n) is 2.59. The number of ketones is 1. The lowest BCUT2D eigenvalue weighted by molar-refractivity contribution is -0.439. The van der Waals surface area contributed by atoms with E-state index in [9.17, 15) is 14.7 Å². The van der Waals surface area contributed by atoms with Crippen molar-refractivity contribution in [1.82, 2.24) is 5.32 Å². The summed E-state index contributed by atoms with van der Waals surface area (Å²) in [5.41, 5.74) is 11.4. The van der Waals surface area contributed by atoms with Crippen LogP contribution in [0.15, 0.2) is 0 Å². The van der Waals surface area contributed by atoms with Gasteiger partial charge >= 0.3 is 0 Å². The Hall–Kier alpha value is -0.750. The molecule has 0 amide bonds. The van der Waals surface area contributed by atoms with Crippen LogP contribution >= 0.6 is 11.8 Å². The predicted molar refractivity (Wildman–Crippen MR) is 156 cm³/mol. The number of unbranched alkanes of at least 4 members (excludes halogenated alkanes) is 1. The highest BCUT2D eigenvalue weighted by atomic mass is 32.2. The molecule has 0 heterocycles. The third-order valence-electron chi connectivity index (χ3n) is 5.34. The van der Waals surface area contributed by atoms with E-state index in [1.807, 2.05) is 32.5 Å². The molecule has 0 aliphatic carbocycles. The third-order valence-corrected chi connectivity index (χ3v) is 6.84. The summed E-state index contributed by atoms with van der Waals surface area (Å²) in [7, 11) is 1.52. The van der Waals surface area contributed by atoms with Crippen molar-refractivity contribution in [2.75, 3.05) is 26.0 Å². The second-order valence-electron chi connectivity index (χ2n) is 12.9. The molecule has 0 rings (SSSR count). The van der Waals surface area contributed by atoms with E-state index in [2.05, 4.69) is 75.9 Å². The second-order valence-corrected chi connectivity index (χ2v) is 14.8. The van der Waals surface area contributed by atoms with Gasteiger partial charge in [-0.05, 0) is 46.6 Å². The monoisotopic (exact) mass is 568 g/mol. The lowest BCUT2D eigenvalue weighted by atomic mass is 9.87. The van der Waals surface area contributed by atoms with Crippen LogP contribution < -0.4 is 27.6 Å². The number of aliphatic carboxylic acids is 1. The van der Waals surface area contributed by atoms with Crippen molar-refractivity contribution in [1.29, 1.82) is 0 Å². The molecule has 0 saturated carbocycles. The summed E-state index contributed by atoms with van der Waals surface area (Å²) >= 11 is 1.89. The van der Waals surface area contributed by atoms with Crippen LogP contribution in [0.5, 0.6) is 0 Å². The first-order valence-electron chi connectivity index (χ1n) is 13.9. The molecule has 9 nitrogen and oxygen atoms in total. The zero-order valence-corrected chi connectivity index (χ0v) is 27.5. The molecule has 0 spiro atoms.